The molecule has 2 aromatic heterocycles. The summed E-state index contributed by atoms with van der Waals surface area (Å²) in [6.07, 6.45) is 3.11. The summed E-state index contributed by atoms with van der Waals surface area (Å²) < 4.78 is 2.28. The summed E-state index contributed by atoms with van der Waals surface area (Å²) in [6.45, 7) is 0. The Balaban J connectivity index is 2.70. The number of aromatic nitrogens is 3. The largest absolute Gasteiger partial charge is 0.476 e. The number of H-pyrrole nitrogens is 1. The van der Waals surface area contributed by atoms with Crippen molar-refractivity contribution >= 4 is 27.5 Å². The molecule has 0 spiro atoms. The van der Waals surface area contributed by atoms with Crippen molar-refractivity contribution in [3.05, 3.63) is 22.6 Å². The van der Waals surface area contributed by atoms with Gasteiger partial charge in [-0.05, 0) is 15.9 Å². The predicted octanol–water partition coefficient (Wildman–Crippen LogP) is 1.12. The van der Waals surface area contributed by atoms with E-state index in [0.717, 1.165) is 4.47 Å². The minimum atomic E-state index is -1.03. The number of imidazole rings is 1. The molecule has 5 nitrogen and oxygen atoms in total. The van der Waals surface area contributed by atoms with E-state index in [1.165, 1.54) is 10.7 Å². The van der Waals surface area contributed by atoms with Crippen LogP contribution in [0.25, 0.3) is 5.65 Å². The number of aromatic amines is 1. The average Bonchev–Trinajstić information content (AvgIpc) is 2.53. The first kappa shape index (κ1) is 7.35. The Kier molecular flexibility index (Phi) is 1.44. The summed E-state index contributed by atoms with van der Waals surface area (Å²) in [7, 11) is 0. The van der Waals surface area contributed by atoms with E-state index < -0.39 is 5.97 Å². The van der Waals surface area contributed by atoms with E-state index in [1.807, 2.05) is 0 Å². The molecule has 0 aliphatic heterocycles. The van der Waals surface area contributed by atoms with E-state index >= 15 is 0 Å². The molecule has 0 saturated carbocycles. The molecule has 0 fully saturated rings. The average molecular weight is 230 g/mol. The Bertz CT molecular complexity index is 445. The standard InChI is InChI=1S/C6H4BrN3O2/c7-3-1-8-10-2-4(6(11)12)9-5(3)10/h1-2,8H,(H,11,12). The van der Waals surface area contributed by atoms with Gasteiger partial charge >= 0.3 is 5.97 Å². The lowest BCUT2D eigenvalue weighted by Gasteiger charge is -1.80. The van der Waals surface area contributed by atoms with E-state index in [4.69, 9.17) is 5.11 Å². The number of nitrogens with one attached hydrogen (secondary N) is 1. The van der Waals surface area contributed by atoms with E-state index in [2.05, 4.69) is 26.0 Å². The highest BCUT2D eigenvalue weighted by Gasteiger charge is 2.10. The second-order valence-electron chi connectivity index (χ2n) is 2.25. The third kappa shape index (κ3) is 0.918. The molecule has 0 saturated heterocycles. The lowest BCUT2D eigenvalue weighted by molar-refractivity contribution is 0.0691. The van der Waals surface area contributed by atoms with Crippen LogP contribution in [0, 0.1) is 0 Å². The van der Waals surface area contributed by atoms with Gasteiger partial charge in [-0.2, -0.15) is 0 Å². The molecule has 62 valence electrons. The maximum absolute atomic E-state index is 10.5. The van der Waals surface area contributed by atoms with Gasteiger partial charge in [-0.3, -0.25) is 5.10 Å². The van der Waals surface area contributed by atoms with Crippen LogP contribution in [-0.2, 0) is 0 Å². The summed E-state index contributed by atoms with van der Waals surface area (Å²) in [5, 5.41) is 11.4. The predicted molar refractivity (Wildman–Crippen MR) is 44.2 cm³/mol. The molecule has 12 heavy (non-hydrogen) atoms. The normalized spacial score (nSPS) is 10.8. The van der Waals surface area contributed by atoms with Gasteiger partial charge in [-0.1, -0.05) is 0 Å². The zero-order chi connectivity index (χ0) is 8.72. The quantitative estimate of drug-likeness (QED) is 0.771. The second kappa shape index (κ2) is 2.34. The van der Waals surface area contributed by atoms with Gasteiger partial charge in [0.25, 0.3) is 0 Å². The number of rotatable bonds is 1. The van der Waals surface area contributed by atoms with Crippen molar-refractivity contribution in [1.82, 2.24) is 14.6 Å². The van der Waals surface area contributed by atoms with Crippen LogP contribution in [0.3, 0.4) is 0 Å². The van der Waals surface area contributed by atoms with Crippen molar-refractivity contribution in [3.63, 3.8) is 0 Å². The Morgan fingerprint density at radius 1 is 1.75 bits per heavy atom. The lowest BCUT2D eigenvalue weighted by atomic mass is 10.5. The molecule has 2 heterocycles. The van der Waals surface area contributed by atoms with E-state index in [9.17, 15) is 4.79 Å². The van der Waals surface area contributed by atoms with E-state index in [0.29, 0.717) is 5.65 Å². The van der Waals surface area contributed by atoms with Gasteiger partial charge in [0.05, 0.1) is 10.7 Å². The molecular weight excluding hydrogens is 226 g/mol. The van der Waals surface area contributed by atoms with Crippen molar-refractivity contribution in [2.45, 2.75) is 0 Å². The number of fused-ring (bicyclic) bond motifs is 1. The first-order chi connectivity index (χ1) is 5.68. The first-order valence-electron chi connectivity index (χ1n) is 3.14. The zero-order valence-electron chi connectivity index (χ0n) is 5.78. The highest BCUT2D eigenvalue weighted by Crippen LogP contribution is 2.16. The highest BCUT2D eigenvalue weighted by molar-refractivity contribution is 9.10. The molecule has 0 aliphatic carbocycles. The lowest BCUT2D eigenvalue weighted by Crippen LogP contribution is -1.95. The number of carbonyl (C=O) groups is 1. The van der Waals surface area contributed by atoms with Gasteiger partial charge in [0.15, 0.2) is 11.3 Å². The summed E-state index contributed by atoms with van der Waals surface area (Å²) in [5.74, 6) is -1.03. The molecule has 0 atom stereocenters. The van der Waals surface area contributed by atoms with Crippen LogP contribution in [0.5, 0.6) is 0 Å². The van der Waals surface area contributed by atoms with Crippen LogP contribution < -0.4 is 0 Å². The number of nitrogens with zero attached hydrogens (tertiary/aromatic N) is 2. The first-order valence-corrected chi connectivity index (χ1v) is 3.93. The fourth-order valence-corrected chi connectivity index (χ4v) is 1.32. The number of aromatic carboxylic acids is 1. The monoisotopic (exact) mass is 229 g/mol. The van der Waals surface area contributed by atoms with Crippen LogP contribution in [0.1, 0.15) is 10.5 Å². The number of halogens is 1. The maximum atomic E-state index is 10.5. The van der Waals surface area contributed by atoms with Gasteiger partial charge in [-0.25, -0.2) is 14.3 Å². The summed E-state index contributed by atoms with van der Waals surface area (Å²) in [6, 6.07) is 0. The second-order valence-corrected chi connectivity index (χ2v) is 3.10. The van der Waals surface area contributed by atoms with Crippen LogP contribution in [-0.4, -0.2) is 25.7 Å². The molecule has 0 aromatic carbocycles. The SMILES string of the molecule is O=C(O)c1cn2[nH]cc(Br)c2n1. The molecule has 0 radical (unpaired) electrons. The number of carboxylic acid groups (broad SMARTS) is 1. The molecule has 2 N–H and O–H groups in total. The van der Waals surface area contributed by atoms with Crippen LogP contribution >= 0.6 is 15.9 Å². The van der Waals surface area contributed by atoms with Gasteiger partial charge in [0, 0.05) is 6.20 Å². The van der Waals surface area contributed by atoms with Crippen molar-refractivity contribution in [3.8, 4) is 0 Å². The Morgan fingerprint density at radius 3 is 3.08 bits per heavy atom. The fraction of sp³-hybridized carbons (Fsp3) is 0. The summed E-state index contributed by atoms with van der Waals surface area (Å²) >= 11 is 3.22. The van der Waals surface area contributed by atoms with Gasteiger partial charge < -0.3 is 5.11 Å². The Hall–Kier alpha value is -1.30. The molecule has 2 rings (SSSR count). The van der Waals surface area contributed by atoms with Crippen molar-refractivity contribution in [1.29, 1.82) is 0 Å². The maximum Gasteiger partial charge on any atom is 0.356 e. The minimum Gasteiger partial charge on any atom is -0.476 e. The third-order valence-corrected chi connectivity index (χ3v) is 2.05. The smallest absolute Gasteiger partial charge is 0.356 e. The van der Waals surface area contributed by atoms with Crippen molar-refractivity contribution in [2.24, 2.45) is 0 Å². The third-order valence-electron chi connectivity index (χ3n) is 1.47. The van der Waals surface area contributed by atoms with Gasteiger partial charge in [-0.15, -0.1) is 0 Å². The van der Waals surface area contributed by atoms with Crippen LogP contribution in [0.4, 0.5) is 0 Å². The Labute approximate surface area is 75.1 Å². The molecule has 6 heteroatoms. The van der Waals surface area contributed by atoms with E-state index in [-0.39, 0.29) is 5.69 Å². The van der Waals surface area contributed by atoms with Gasteiger partial charge in [0.2, 0.25) is 0 Å². The fourth-order valence-electron chi connectivity index (χ4n) is 0.941. The zero-order valence-corrected chi connectivity index (χ0v) is 7.37. The summed E-state index contributed by atoms with van der Waals surface area (Å²) in [5.41, 5.74) is 0.606. The van der Waals surface area contributed by atoms with Gasteiger partial charge in [0.1, 0.15) is 0 Å². The molecule has 0 unspecified atom stereocenters. The summed E-state index contributed by atoms with van der Waals surface area (Å²) in [4.78, 5) is 14.3. The molecule has 2 aromatic rings. The number of carboxylic acids is 1. The number of hydrogen-bond donors (Lipinski definition) is 2. The molecule has 0 bridgehead atoms. The molecular formula is C6H4BrN3O2. The molecule has 0 amide bonds. The Morgan fingerprint density at radius 2 is 2.50 bits per heavy atom. The van der Waals surface area contributed by atoms with E-state index in [1.54, 1.807) is 6.20 Å². The van der Waals surface area contributed by atoms with Crippen molar-refractivity contribution in [2.75, 3.05) is 0 Å². The number of hydrogen-bond acceptors (Lipinski definition) is 2. The molecule has 0 aliphatic rings. The van der Waals surface area contributed by atoms with Crippen molar-refractivity contribution < 1.29 is 9.90 Å². The van der Waals surface area contributed by atoms with Crippen LogP contribution in [0.15, 0.2) is 16.9 Å². The van der Waals surface area contributed by atoms with Crippen LogP contribution in [0.2, 0.25) is 0 Å². The highest BCUT2D eigenvalue weighted by atomic mass is 79.9. The topological polar surface area (TPSA) is 70.4 Å². The minimum absolute atomic E-state index is 0.0301.